The summed E-state index contributed by atoms with van der Waals surface area (Å²) in [5.41, 5.74) is 2.81. The third kappa shape index (κ3) is 4.98. The molecular formula is C24H21F3N6O2. The van der Waals surface area contributed by atoms with Crippen molar-refractivity contribution >= 4 is 28.6 Å². The lowest BCUT2D eigenvalue weighted by Gasteiger charge is -2.35. The number of rotatable bonds is 5. The molecule has 0 spiro atoms. The van der Waals surface area contributed by atoms with E-state index in [4.69, 9.17) is 0 Å². The van der Waals surface area contributed by atoms with Crippen molar-refractivity contribution in [2.45, 2.75) is 6.61 Å². The number of H-pyrrole nitrogens is 1. The Bertz CT molecular complexity index is 1320. The zero-order chi connectivity index (χ0) is 24.4. The molecule has 0 atom stereocenters. The molecule has 1 saturated heterocycles. The van der Waals surface area contributed by atoms with Crippen molar-refractivity contribution in [2.24, 2.45) is 0 Å². The maximum atomic E-state index is 13.3. The average molecular weight is 482 g/mol. The van der Waals surface area contributed by atoms with Crippen LogP contribution in [0, 0.1) is 5.82 Å². The fourth-order valence-corrected chi connectivity index (χ4v) is 4.01. The number of fused-ring (bicyclic) bond motifs is 1. The van der Waals surface area contributed by atoms with Gasteiger partial charge < -0.3 is 24.8 Å². The number of halogens is 3. The molecule has 2 N–H and O–H groups in total. The van der Waals surface area contributed by atoms with Gasteiger partial charge >= 0.3 is 12.6 Å². The molecule has 2 aromatic heterocycles. The molecule has 11 heteroatoms. The van der Waals surface area contributed by atoms with E-state index in [1.165, 1.54) is 42.7 Å². The summed E-state index contributed by atoms with van der Waals surface area (Å²) in [4.78, 5) is 28.5. The number of nitrogens with one attached hydrogen (secondary N) is 2. The first-order chi connectivity index (χ1) is 17.0. The van der Waals surface area contributed by atoms with E-state index in [1.54, 1.807) is 17.0 Å². The zero-order valence-electron chi connectivity index (χ0n) is 18.4. The van der Waals surface area contributed by atoms with Gasteiger partial charge in [-0.2, -0.15) is 8.78 Å². The van der Waals surface area contributed by atoms with Gasteiger partial charge in [0, 0.05) is 37.6 Å². The Morgan fingerprint density at radius 2 is 1.71 bits per heavy atom. The Morgan fingerprint density at radius 3 is 2.40 bits per heavy atom. The predicted octanol–water partition coefficient (Wildman–Crippen LogP) is 4.72. The summed E-state index contributed by atoms with van der Waals surface area (Å²) in [6.45, 7) is -0.822. The summed E-state index contributed by atoms with van der Waals surface area (Å²) < 4.78 is 42.2. The van der Waals surface area contributed by atoms with Crippen LogP contribution >= 0.6 is 0 Å². The van der Waals surface area contributed by atoms with E-state index in [1.807, 2.05) is 6.07 Å². The second kappa shape index (κ2) is 9.53. The van der Waals surface area contributed by atoms with Crippen molar-refractivity contribution < 1.29 is 22.7 Å². The molecule has 0 unspecified atom stereocenters. The molecule has 2 aromatic carbocycles. The van der Waals surface area contributed by atoms with Crippen molar-refractivity contribution in [3.05, 3.63) is 66.7 Å². The fourth-order valence-electron chi connectivity index (χ4n) is 4.01. The van der Waals surface area contributed by atoms with E-state index in [-0.39, 0.29) is 17.6 Å². The number of alkyl halides is 2. The number of piperazine rings is 1. The van der Waals surface area contributed by atoms with Gasteiger partial charge in [-0.15, -0.1) is 0 Å². The van der Waals surface area contributed by atoms with E-state index in [0.717, 1.165) is 22.5 Å². The molecule has 0 bridgehead atoms. The molecule has 0 saturated carbocycles. The molecule has 35 heavy (non-hydrogen) atoms. The Hall–Kier alpha value is -4.28. The monoisotopic (exact) mass is 482 g/mol. The summed E-state index contributed by atoms with van der Waals surface area (Å²) in [6, 6.07) is 13.6. The van der Waals surface area contributed by atoms with Crippen molar-refractivity contribution in [1.82, 2.24) is 19.9 Å². The minimum absolute atomic E-state index is 0.0233. The standard InChI is InChI=1S/C24H21F3N6O2/c25-16-3-1-15(2-4-16)20-13-19-21(31-20)28-14-29-22(19)32-9-11-33(12-10-32)24(34)30-17-5-7-18(8-6-17)35-23(26)27/h1-8,13-14,23H,9-12H2,(H,30,34)(H,28,29,31). The largest absolute Gasteiger partial charge is 0.435 e. The second-order valence-electron chi connectivity index (χ2n) is 7.96. The van der Waals surface area contributed by atoms with Gasteiger partial charge in [-0.1, -0.05) is 0 Å². The summed E-state index contributed by atoms with van der Waals surface area (Å²) in [6.07, 6.45) is 1.49. The molecule has 1 aliphatic rings. The van der Waals surface area contributed by atoms with E-state index < -0.39 is 6.61 Å². The fraction of sp³-hybridized carbons (Fsp3) is 0.208. The number of carbonyl (C=O) groups is 1. The minimum atomic E-state index is -2.90. The highest BCUT2D eigenvalue weighted by molar-refractivity contribution is 5.92. The number of hydrogen-bond donors (Lipinski definition) is 2. The van der Waals surface area contributed by atoms with Crippen LogP contribution in [0.5, 0.6) is 5.75 Å². The quantitative estimate of drug-likeness (QED) is 0.430. The molecule has 8 nitrogen and oxygen atoms in total. The van der Waals surface area contributed by atoms with Crippen LogP contribution in [0.25, 0.3) is 22.3 Å². The van der Waals surface area contributed by atoms with Gasteiger partial charge in [-0.05, 0) is 60.2 Å². The van der Waals surface area contributed by atoms with Crippen LogP contribution in [0.4, 0.5) is 29.5 Å². The lowest BCUT2D eigenvalue weighted by atomic mass is 10.1. The van der Waals surface area contributed by atoms with Gasteiger partial charge in [-0.25, -0.2) is 19.2 Å². The number of ether oxygens (including phenoxy) is 1. The highest BCUT2D eigenvalue weighted by atomic mass is 19.3. The Labute approximate surface area is 198 Å². The lowest BCUT2D eigenvalue weighted by Crippen LogP contribution is -2.50. The highest BCUT2D eigenvalue weighted by Gasteiger charge is 2.24. The summed E-state index contributed by atoms with van der Waals surface area (Å²) >= 11 is 0. The number of hydrogen-bond acceptors (Lipinski definition) is 5. The van der Waals surface area contributed by atoms with Crippen LogP contribution in [0.3, 0.4) is 0 Å². The number of anilines is 2. The molecule has 1 fully saturated rings. The van der Waals surface area contributed by atoms with Gasteiger partial charge in [0.1, 0.15) is 29.4 Å². The molecule has 0 radical (unpaired) electrons. The first kappa shape index (κ1) is 22.5. The normalized spacial score (nSPS) is 13.9. The van der Waals surface area contributed by atoms with Crippen LogP contribution in [0.1, 0.15) is 0 Å². The molecule has 4 aromatic rings. The zero-order valence-corrected chi connectivity index (χ0v) is 18.4. The number of carbonyl (C=O) groups excluding carboxylic acids is 1. The first-order valence-corrected chi connectivity index (χ1v) is 10.9. The Kier molecular flexibility index (Phi) is 6.13. The van der Waals surface area contributed by atoms with E-state index in [9.17, 15) is 18.0 Å². The summed E-state index contributed by atoms with van der Waals surface area (Å²) in [7, 11) is 0. The lowest BCUT2D eigenvalue weighted by molar-refractivity contribution is -0.0498. The van der Waals surface area contributed by atoms with Crippen molar-refractivity contribution in [3.8, 4) is 17.0 Å². The van der Waals surface area contributed by atoms with E-state index >= 15 is 0 Å². The Morgan fingerprint density at radius 1 is 1.00 bits per heavy atom. The number of nitrogens with zero attached hydrogens (tertiary/aromatic N) is 4. The third-order valence-corrected chi connectivity index (χ3v) is 5.76. The smallest absolute Gasteiger partial charge is 0.387 e. The average Bonchev–Trinajstić information content (AvgIpc) is 3.30. The maximum Gasteiger partial charge on any atom is 0.387 e. The molecule has 2 amide bonds. The van der Waals surface area contributed by atoms with Gasteiger partial charge in [-0.3, -0.25) is 0 Å². The minimum Gasteiger partial charge on any atom is -0.435 e. The maximum absolute atomic E-state index is 13.3. The molecular weight excluding hydrogens is 461 g/mol. The van der Waals surface area contributed by atoms with Crippen LogP contribution in [0.2, 0.25) is 0 Å². The van der Waals surface area contributed by atoms with Crippen molar-refractivity contribution in [3.63, 3.8) is 0 Å². The van der Waals surface area contributed by atoms with E-state index in [2.05, 4.69) is 29.9 Å². The van der Waals surface area contributed by atoms with Gasteiger partial charge in [0.2, 0.25) is 0 Å². The SMILES string of the molecule is O=C(Nc1ccc(OC(F)F)cc1)N1CCN(c2ncnc3[nH]c(-c4ccc(F)cc4)cc23)CC1. The molecule has 5 rings (SSSR count). The van der Waals surface area contributed by atoms with Crippen LogP contribution in [-0.2, 0) is 0 Å². The first-order valence-electron chi connectivity index (χ1n) is 10.9. The van der Waals surface area contributed by atoms with Crippen LogP contribution < -0.4 is 15.0 Å². The highest BCUT2D eigenvalue weighted by Crippen LogP contribution is 2.29. The van der Waals surface area contributed by atoms with Crippen molar-refractivity contribution in [2.75, 3.05) is 36.4 Å². The van der Waals surface area contributed by atoms with Gasteiger partial charge in [0.05, 0.1) is 5.39 Å². The number of aromatic amines is 1. The third-order valence-electron chi connectivity index (χ3n) is 5.76. The molecule has 3 heterocycles. The molecule has 180 valence electrons. The number of amides is 2. The van der Waals surface area contributed by atoms with Crippen LogP contribution in [0.15, 0.2) is 60.9 Å². The second-order valence-corrected chi connectivity index (χ2v) is 7.96. The topological polar surface area (TPSA) is 86.4 Å². The number of aromatic nitrogens is 3. The number of urea groups is 1. The molecule has 1 aliphatic heterocycles. The Balaban J connectivity index is 1.24. The summed E-state index contributed by atoms with van der Waals surface area (Å²) in [5.74, 6) is 0.481. The van der Waals surface area contributed by atoms with Crippen molar-refractivity contribution in [1.29, 1.82) is 0 Å². The molecule has 0 aliphatic carbocycles. The summed E-state index contributed by atoms with van der Waals surface area (Å²) in [5, 5.41) is 3.61. The number of benzene rings is 2. The van der Waals surface area contributed by atoms with Crippen LogP contribution in [-0.4, -0.2) is 58.7 Å². The van der Waals surface area contributed by atoms with E-state index in [0.29, 0.717) is 37.5 Å². The predicted molar refractivity (Wildman–Crippen MR) is 125 cm³/mol. The van der Waals surface area contributed by atoms with Gasteiger partial charge in [0.15, 0.2) is 0 Å². The van der Waals surface area contributed by atoms with Gasteiger partial charge in [0.25, 0.3) is 0 Å².